The van der Waals surface area contributed by atoms with Crippen LogP contribution >= 0.6 is 11.6 Å². The summed E-state index contributed by atoms with van der Waals surface area (Å²) < 4.78 is 64.0. The van der Waals surface area contributed by atoms with Gasteiger partial charge in [-0.3, -0.25) is 4.98 Å². The van der Waals surface area contributed by atoms with Gasteiger partial charge in [-0.05, 0) is 74.7 Å². The van der Waals surface area contributed by atoms with Gasteiger partial charge in [0.2, 0.25) is 0 Å². The zero-order chi connectivity index (χ0) is 33.3. The third kappa shape index (κ3) is 9.66. The highest BCUT2D eigenvalue weighted by atomic mass is 35.5. The monoisotopic (exact) mass is 659 g/mol. The fourth-order valence-corrected chi connectivity index (χ4v) is 5.27. The van der Waals surface area contributed by atoms with E-state index in [0.717, 1.165) is 25.7 Å². The molecule has 1 heterocycles. The molecular formula is C35H37ClF3NO6. The van der Waals surface area contributed by atoms with Crippen molar-refractivity contribution in [2.45, 2.75) is 78.2 Å². The van der Waals surface area contributed by atoms with Crippen LogP contribution in [0.3, 0.4) is 0 Å². The molecule has 0 spiro atoms. The Labute approximate surface area is 271 Å². The van der Waals surface area contributed by atoms with Crippen LogP contribution in [0, 0.1) is 6.92 Å². The van der Waals surface area contributed by atoms with Gasteiger partial charge in [-0.25, -0.2) is 4.79 Å². The number of alkyl halides is 3. The maximum Gasteiger partial charge on any atom is 0.573 e. The number of aromatic nitrogens is 1. The van der Waals surface area contributed by atoms with Gasteiger partial charge in [-0.1, -0.05) is 62.8 Å². The summed E-state index contributed by atoms with van der Waals surface area (Å²) in [6, 6.07) is 15.3. The molecule has 4 rings (SSSR count). The quantitative estimate of drug-likeness (QED) is 0.0984. The predicted octanol–water partition coefficient (Wildman–Crippen LogP) is 11.2. The van der Waals surface area contributed by atoms with Gasteiger partial charge in [0.25, 0.3) is 0 Å². The number of hydrogen-bond donors (Lipinski definition) is 0. The zero-order valence-corrected chi connectivity index (χ0v) is 27.0. The first kappa shape index (κ1) is 34.7. The Bertz CT molecular complexity index is 1610. The van der Waals surface area contributed by atoms with E-state index in [0.29, 0.717) is 50.0 Å². The molecule has 3 aromatic carbocycles. The number of pyridine rings is 1. The largest absolute Gasteiger partial charge is 0.573 e. The third-order valence-electron chi connectivity index (χ3n) is 7.27. The average Bonchev–Trinajstić information content (AvgIpc) is 3.00. The lowest BCUT2D eigenvalue weighted by atomic mass is 10.00. The Morgan fingerprint density at radius 3 is 2.15 bits per heavy atom. The molecule has 0 aliphatic rings. The van der Waals surface area contributed by atoms with Crippen molar-refractivity contribution in [1.82, 2.24) is 4.98 Å². The van der Waals surface area contributed by atoms with Gasteiger partial charge in [-0.2, -0.15) is 0 Å². The minimum atomic E-state index is -4.78. The molecule has 0 aliphatic carbocycles. The summed E-state index contributed by atoms with van der Waals surface area (Å²) in [6.07, 6.45) is 1.60. The topological polar surface area (TPSA) is 76.1 Å². The summed E-state index contributed by atoms with van der Waals surface area (Å²) in [7, 11) is 1.50. The van der Waals surface area contributed by atoms with Gasteiger partial charge < -0.3 is 23.7 Å². The lowest BCUT2D eigenvalue weighted by Crippen LogP contribution is -2.19. The van der Waals surface area contributed by atoms with Gasteiger partial charge >= 0.3 is 12.5 Å². The van der Waals surface area contributed by atoms with Gasteiger partial charge in [0.05, 0.1) is 17.6 Å². The SMILES string of the molecule is CCCCCCCCC(C)OC(=O)Oc1c(-c2ccc(Oc3ccc(OC(F)(F)F)cc3)cc2)c(C)nc2cc(OC)c(Cl)cc12. The molecule has 1 atom stereocenters. The Morgan fingerprint density at radius 1 is 0.913 bits per heavy atom. The van der Waals surface area contributed by atoms with Crippen LogP contribution in [0.5, 0.6) is 28.7 Å². The molecule has 0 N–H and O–H groups in total. The van der Waals surface area contributed by atoms with Crippen LogP contribution < -0.4 is 18.9 Å². The van der Waals surface area contributed by atoms with Crippen molar-refractivity contribution in [1.29, 1.82) is 0 Å². The average molecular weight is 660 g/mol. The van der Waals surface area contributed by atoms with Gasteiger partial charge in [0.1, 0.15) is 29.1 Å². The van der Waals surface area contributed by atoms with Crippen molar-refractivity contribution in [2.24, 2.45) is 0 Å². The maximum atomic E-state index is 13.1. The van der Waals surface area contributed by atoms with Crippen molar-refractivity contribution in [3.63, 3.8) is 0 Å². The van der Waals surface area contributed by atoms with Gasteiger partial charge in [0, 0.05) is 22.7 Å². The molecule has 0 bridgehead atoms. The zero-order valence-electron chi connectivity index (χ0n) is 26.2. The van der Waals surface area contributed by atoms with E-state index in [2.05, 4.69) is 11.7 Å². The number of unbranched alkanes of at least 4 members (excludes halogenated alkanes) is 5. The summed E-state index contributed by atoms with van der Waals surface area (Å²) in [5, 5.41) is 0.810. The first-order valence-electron chi connectivity index (χ1n) is 15.2. The summed E-state index contributed by atoms with van der Waals surface area (Å²) in [5.74, 6) is 1.05. The number of ether oxygens (including phenoxy) is 5. The normalized spacial score (nSPS) is 12.1. The van der Waals surface area contributed by atoms with Crippen LogP contribution in [0.2, 0.25) is 5.02 Å². The van der Waals surface area contributed by atoms with Crippen molar-refractivity contribution < 1.29 is 41.7 Å². The number of nitrogens with zero attached hydrogens (tertiary/aromatic N) is 1. The van der Waals surface area contributed by atoms with Gasteiger partial charge in [0.15, 0.2) is 5.75 Å². The summed E-state index contributed by atoms with van der Waals surface area (Å²) in [5.41, 5.74) is 2.31. The number of benzene rings is 3. The fraction of sp³-hybridized carbons (Fsp3) is 0.371. The highest BCUT2D eigenvalue weighted by molar-refractivity contribution is 6.33. The molecule has 0 amide bonds. The number of aryl methyl sites for hydroxylation is 1. The molecule has 0 fully saturated rings. The lowest BCUT2D eigenvalue weighted by Gasteiger charge is -2.18. The highest BCUT2D eigenvalue weighted by Crippen LogP contribution is 2.42. The smallest absolute Gasteiger partial charge is 0.495 e. The van der Waals surface area contributed by atoms with Crippen LogP contribution in [0.1, 0.15) is 64.5 Å². The second-order valence-corrected chi connectivity index (χ2v) is 11.3. The van der Waals surface area contributed by atoms with E-state index in [1.807, 2.05) is 6.92 Å². The van der Waals surface area contributed by atoms with E-state index in [-0.39, 0.29) is 17.6 Å². The third-order valence-corrected chi connectivity index (χ3v) is 7.57. The van der Waals surface area contributed by atoms with E-state index >= 15 is 0 Å². The van der Waals surface area contributed by atoms with E-state index in [1.165, 1.54) is 50.6 Å². The minimum absolute atomic E-state index is 0.234. The van der Waals surface area contributed by atoms with Crippen LogP contribution in [-0.2, 0) is 4.74 Å². The Morgan fingerprint density at radius 2 is 1.52 bits per heavy atom. The first-order chi connectivity index (χ1) is 22.0. The van der Waals surface area contributed by atoms with Gasteiger partial charge in [-0.15, -0.1) is 13.2 Å². The van der Waals surface area contributed by atoms with E-state index < -0.39 is 12.5 Å². The van der Waals surface area contributed by atoms with Crippen molar-refractivity contribution >= 4 is 28.7 Å². The Hall–Kier alpha value is -4.18. The number of carbonyl (C=O) groups is 1. The van der Waals surface area contributed by atoms with Crippen molar-refractivity contribution in [3.05, 3.63) is 71.4 Å². The number of fused-ring (bicyclic) bond motifs is 1. The Kier molecular flexibility index (Phi) is 12.0. The molecular weight excluding hydrogens is 623 g/mol. The van der Waals surface area contributed by atoms with Crippen molar-refractivity contribution in [2.75, 3.05) is 7.11 Å². The summed E-state index contributed by atoms with van der Waals surface area (Å²) in [6.45, 7) is 5.83. The molecule has 1 aromatic heterocycles. The number of halogens is 4. The summed E-state index contributed by atoms with van der Waals surface area (Å²) >= 11 is 6.47. The molecule has 0 saturated carbocycles. The van der Waals surface area contributed by atoms with Crippen molar-refractivity contribution in [3.8, 4) is 39.9 Å². The maximum absolute atomic E-state index is 13.1. The molecule has 0 saturated heterocycles. The Balaban J connectivity index is 1.57. The molecule has 246 valence electrons. The van der Waals surface area contributed by atoms with Crippen LogP contribution in [0.25, 0.3) is 22.0 Å². The molecule has 0 aliphatic heterocycles. The summed E-state index contributed by atoms with van der Waals surface area (Å²) in [4.78, 5) is 17.8. The molecule has 46 heavy (non-hydrogen) atoms. The van der Waals surface area contributed by atoms with Crippen LogP contribution in [0.4, 0.5) is 18.0 Å². The predicted molar refractivity (Wildman–Crippen MR) is 171 cm³/mol. The number of methoxy groups -OCH3 is 1. The second-order valence-electron chi connectivity index (χ2n) is 10.9. The number of rotatable bonds is 14. The minimum Gasteiger partial charge on any atom is -0.495 e. The molecule has 1 unspecified atom stereocenters. The fourth-order valence-electron chi connectivity index (χ4n) is 5.03. The molecule has 11 heteroatoms. The van der Waals surface area contributed by atoms with E-state index in [4.69, 9.17) is 35.5 Å². The first-order valence-corrected chi connectivity index (χ1v) is 15.6. The second kappa shape index (κ2) is 15.9. The van der Waals surface area contributed by atoms with E-state index in [9.17, 15) is 18.0 Å². The molecule has 0 radical (unpaired) electrons. The molecule has 4 aromatic rings. The van der Waals surface area contributed by atoms with Crippen LogP contribution in [-0.4, -0.2) is 30.7 Å². The highest BCUT2D eigenvalue weighted by Gasteiger charge is 2.31. The lowest BCUT2D eigenvalue weighted by molar-refractivity contribution is -0.274. The van der Waals surface area contributed by atoms with E-state index in [1.54, 1.807) is 43.3 Å². The number of hydrogen-bond acceptors (Lipinski definition) is 7. The molecule has 7 nitrogen and oxygen atoms in total. The number of carbonyl (C=O) groups excluding carboxylic acids is 1. The van der Waals surface area contributed by atoms with Crippen LogP contribution in [0.15, 0.2) is 60.7 Å². The standard InChI is InChI=1S/C35H37ClF3NO6/c1-5-6-7-8-9-10-11-22(2)43-34(41)45-33-28-20-29(36)31(42-4)21-30(28)40-23(3)32(33)24-12-14-25(15-13-24)44-26-16-18-27(19-17-26)46-35(37,38)39/h12-22H,5-11H2,1-4H3.